The van der Waals surface area contributed by atoms with Gasteiger partial charge in [0.25, 0.3) is 5.91 Å². The van der Waals surface area contributed by atoms with Gasteiger partial charge in [-0.2, -0.15) is 5.10 Å². The number of nitrogens with two attached hydrogens (primary N) is 1. The summed E-state index contributed by atoms with van der Waals surface area (Å²) in [5.74, 6) is 5.00. The molecule has 3 rings (SSSR count). The second-order valence-corrected chi connectivity index (χ2v) is 5.65. The number of aryl methyl sites for hydroxylation is 2. The number of hydrogen-bond acceptors (Lipinski definition) is 6. The van der Waals surface area contributed by atoms with E-state index in [-0.39, 0.29) is 24.4 Å². The second-order valence-electron chi connectivity index (χ2n) is 5.65. The average molecular weight is 355 g/mol. The molecule has 0 radical (unpaired) electrons. The number of pyridine rings is 1. The maximum absolute atomic E-state index is 12.2. The lowest BCUT2D eigenvalue weighted by molar-refractivity contribution is 0.0904. The van der Waals surface area contributed by atoms with Crippen LogP contribution in [0.5, 0.6) is 0 Å². The van der Waals surface area contributed by atoms with Crippen LogP contribution >= 0.6 is 12.4 Å². The van der Waals surface area contributed by atoms with Gasteiger partial charge in [-0.25, -0.2) is 15.5 Å². The zero-order chi connectivity index (χ0) is 16.4. The number of anilines is 1. The summed E-state index contributed by atoms with van der Waals surface area (Å²) < 4.78 is 7.22. The number of amides is 1. The number of nitrogens with one attached hydrogen (secondary N) is 2. The molecule has 4 N–H and O–H groups in total. The molecule has 8 nitrogen and oxygen atoms in total. The fourth-order valence-corrected chi connectivity index (χ4v) is 2.98. The molecule has 0 saturated carbocycles. The molecule has 132 valence electrons. The molecule has 1 amide bonds. The van der Waals surface area contributed by atoms with E-state index in [4.69, 9.17) is 10.6 Å². The highest BCUT2D eigenvalue weighted by Crippen LogP contribution is 2.30. The number of rotatable bonds is 4. The van der Waals surface area contributed by atoms with Crippen molar-refractivity contribution in [2.75, 3.05) is 18.5 Å². The molecule has 0 aromatic carbocycles. The molecule has 1 fully saturated rings. The number of halogens is 1. The molecule has 1 aliphatic heterocycles. The highest BCUT2D eigenvalue weighted by molar-refractivity contribution is 6.07. The zero-order valence-electron chi connectivity index (χ0n) is 13.8. The minimum Gasteiger partial charge on any atom is -0.381 e. The molecule has 0 bridgehead atoms. The Balaban J connectivity index is 0.00000208. The first-order valence-electron chi connectivity index (χ1n) is 7.87. The fraction of sp³-hybridized carbons (Fsp3) is 0.533. The summed E-state index contributed by atoms with van der Waals surface area (Å²) >= 11 is 0. The summed E-state index contributed by atoms with van der Waals surface area (Å²) in [6.45, 7) is 5.98. The SMILES string of the molecule is CCn1ncc2c(NC3CCOCC3)c(C(=O)NN)c(C)nc21.Cl. The Labute approximate surface area is 146 Å². The van der Waals surface area contributed by atoms with Gasteiger partial charge >= 0.3 is 0 Å². The van der Waals surface area contributed by atoms with Gasteiger partial charge in [0.05, 0.1) is 28.5 Å². The number of carbonyl (C=O) groups is 1. The summed E-state index contributed by atoms with van der Waals surface area (Å²) in [4.78, 5) is 16.8. The van der Waals surface area contributed by atoms with E-state index in [1.54, 1.807) is 6.20 Å². The molecule has 0 aliphatic carbocycles. The molecule has 1 saturated heterocycles. The number of carbonyl (C=O) groups excluding carboxylic acids is 1. The van der Waals surface area contributed by atoms with Crippen molar-refractivity contribution in [3.8, 4) is 0 Å². The minimum atomic E-state index is -0.351. The van der Waals surface area contributed by atoms with Crippen molar-refractivity contribution in [3.05, 3.63) is 17.5 Å². The number of hydrazine groups is 1. The van der Waals surface area contributed by atoms with Gasteiger partial charge in [-0.3, -0.25) is 10.2 Å². The predicted molar refractivity (Wildman–Crippen MR) is 94.3 cm³/mol. The van der Waals surface area contributed by atoms with Crippen LogP contribution in [0.2, 0.25) is 0 Å². The van der Waals surface area contributed by atoms with E-state index in [2.05, 4.69) is 20.8 Å². The van der Waals surface area contributed by atoms with E-state index in [9.17, 15) is 4.79 Å². The third-order valence-corrected chi connectivity index (χ3v) is 4.19. The van der Waals surface area contributed by atoms with Crippen molar-refractivity contribution < 1.29 is 9.53 Å². The van der Waals surface area contributed by atoms with Crippen LogP contribution in [-0.4, -0.2) is 39.9 Å². The Kier molecular flexibility index (Phi) is 5.98. The van der Waals surface area contributed by atoms with Crippen molar-refractivity contribution in [1.82, 2.24) is 20.2 Å². The molecular formula is C15H23ClN6O2. The van der Waals surface area contributed by atoms with Gasteiger partial charge < -0.3 is 10.1 Å². The summed E-state index contributed by atoms with van der Waals surface area (Å²) in [6.07, 6.45) is 3.54. The van der Waals surface area contributed by atoms with Gasteiger partial charge in [0, 0.05) is 25.8 Å². The number of nitrogen functional groups attached to an aromatic ring is 1. The van der Waals surface area contributed by atoms with Gasteiger partial charge in [0.2, 0.25) is 0 Å². The van der Waals surface area contributed by atoms with Gasteiger partial charge in [0.15, 0.2) is 5.65 Å². The van der Waals surface area contributed by atoms with E-state index in [0.29, 0.717) is 11.3 Å². The highest BCUT2D eigenvalue weighted by atomic mass is 35.5. The molecule has 3 heterocycles. The number of ether oxygens (including phenoxy) is 1. The van der Waals surface area contributed by atoms with Crippen LogP contribution in [0, 0.1) is 6.92 Å². The average Bonchev–Trinajstić information content (AvgIpc) is 2.98. The van der Waals surface area contributed by atoms with E-state index in [0.717, 1.165) is 49.3 Å². The first-order chi connectivity index (χ1) is 11.2. The minimum absolute atomic E-state index is 0. The Hall–Kier alpha value is -1.90. The highest BCUT2D eigenvalue weighted by Gasteiger charge is 2.23. The number of fused-ring (bicyclic) bond motifs is 1. The van der Waals surface area contributed by atoms with Crippen LogP contribution in [-0.2, 0) is 11.3 Å². The molecule has 2 aromatic rings. The third kappa shape index (κ3) is 3.31. The monoisotopic (exact) mass is 354 g/mol. The van der Waals surface area contributed by atoms with Crippen LogP contribution in [0.3, 0.4) is 0 Å². The predicted octanol–water partition coefficient (Wildman–Crippen LogP) is 1.38. The van der Waals surface area contributed by atoms with E-state index >= 15 is 0 Å². The van der Waals surface area contributed by atoms with Crippen LogP contribution in [0.1, 0.15) is 35.8 Å². The van der Waals surface area contributed by atoms with E-state index in [1.807, 2.05) is 18.5 Å². The number of nitrogens with zero attached hydrogens (tertiary/aromatic N) is 3. The summed E-state index contributed by atoms with van der Waals surface area (Å²) in [5.41, 5.74) is 4.84. The Morgan fingerprint density at radius 1 is 1.46 bits per heavy atom. The second kappa shape index (κ2) is 7.78. The lowest BCUT2D eigenvalue weighted by Gasteiger charge is -2.26. The normalized spacial score (nSPS) is 15.1. The molecule has 2 aromatic heterocycles. The smallest absolute Gasteiger partial charge is 0.269 e. The van der Waals surface area contributed by atoms with Crippen LogP contribution in [0.4, 0.5) is 5.69 Å². The van der Waals surface area contributed by atoms with Crippen molar-refractivity contribution >= 4 is 35.0 Å². The Morgan fingerprint density at radius 2 is 2.17 bits per heavy atom. The Morgan fingerprint density at radius 3 is 2.79 bits per heavy atom. The molecular weight excluding hydrogens is 332 g/mol. The van der Waals surface area contributed by atoms with Crippen LogP contribution in [0.15, 0.2) is 6.20 Å². The third-order valence-electron chi connectivity index (χ3n) is 4.19. The first kappa shape index (κ1) is 18.4. The first-order valence-corrected chi connectivity index (χ1v) is 7.87. The summed E-state index contributed by atoms with van der Waals surface area (Å²) in [7, 11) is 0. The Bertz CT molecular complexity index is 726. The molecule has 24 heavy (non-hydrogen) atoms. The largest absolute Gasteiger partial charge is 0.381 e. The lowest BCUT2D eigenvalue weighted by atomic mass is 10.0. The molecule has 0 spiro atoms. The van der Waals surface area contributed by atoms with E-state index < -0.39 is 0 Å². The van der Waals surface area contributed by atoms with Crippen molar-refractivity contribution in [2.24, 2.45) is 5.84 Å². The standard InChI is InChI=1S/C15H22N6O2.ClH/c1-3-21-14-11(8-17-21)13(19-10-4-6-23-7-5-10)12(9(2)18-14)15(22)20-16;/h8,10H,3-7,16H2,1-2H3,(H,18,19)(H,20,22);1H. The van der Waals surface area contributed by atoms with Crippen molar-refractivity contribution in [1.29, 1.82) is 0 Å². The number of aromatic nitrogens is 3. The fourth-order valence-electron chi connectivity index (χ4n) is 2.98. The molecule has 0 unspecified atom stereocenters. The van der Waals surface area contributed by atoms with Gasteiger partial charge in [0.1, 0.15) is 0 Å². The molecule has 1 aliphatic rings. The molecule has 0 atom stereocenters. The van der Waals surface area contributed by atoms with Gasteiger partial charge in [-0.1, -0.05) is 0 Å². The van der Waals surface area contributed by atoms with Gasteiger partial charge in [-0.05, 0) is 26.7 Å². The number of hydrogen-bond donors (Lipinski definition) is 3. The van der Waals surface area contributed by atoms with Gasteiger partial charge in [-0.15, -0.1) is 12.4 Å². The topological polar surface area (TPSA) is 107 Å². The molecule has 9 heteroatoms. The van der Waals surface area contributed by atoms with Crippen LogP contribution < -0.4 is 16.6 Å². The van der Waals surface area contributed by atoms with Crippen molar-refractivity contribution in [2.45, 2.75) is 39.3 Å². The van der Waals surface area contributed by atoms with Crippen molar-refractivity contribution in [3.63, 3.8) is 0 Å². The maximum Gasteiger partial charge on any atom is 0.269 e. The van der Waals surface area contributed by atoms with E-state index in [1.165, 1.54) is 0 Å². The summed E-state index contributed by atoms with van der Waals surface area (Å²) in [5, 5.41) is 8.69. The zero-order valence-corrected chi connectivity index (χ0v) is 14.7. The quantitative estimate of drug-likeness (QED) is 0.435. The van der Waals surface area contributed by atoms with Crippen LogP contribution in [0.25, 0.3) is 11.0 Å². The maximum atomic E-state index is 12.2. The summed E-state index contributed by atoms with van der Waals surface area (Å²) in [6, 6.07) is 0.253. The lowest BCUT2D eigenvalue weighted by Crippen LogP contribution is -2.33.